The predicted octanol–water partition coefficient (Wildman–Crippen LogP) is 7.48. The van der Waals surface area contributed by atoms with E-state index in [1.165, 1.54) is 25.7 Å². The van der Waals surface area contributed by atoms with Crippen LogP contribution in [0.25, 0.3) is 11.3 Å². The average molecular weight is 404 g/mol. The Labute approximate surface area is 172 Å². The van der Waals surface area contributed by atoms with Crippen LogP contribution in [0.5, 0.6) is 0 Å². The molecular formula is C22H27Cl2N3. The third kappa shape index (κ3) is 5.43. The summed E-state index contributed by atoms with van der Waals surface area (Å²) in [5.74, 6) is 0.261. The number of hydrogen-bond donors (Lipinski definition) is 0. The molecule has 5 heteroatoms. The predicted molar refractivity (Wildman–Crippen MR) is 113 cm³/mol. The first-order chi connectivity index (χ1) is 13.0. The van der Waals surface area contributed by atoms with Gasteiger partial charge in [-0.2, -0.15) is 5.26 Å². The molecule has 0 aliphatic heterocycles. The summed E-state index contributed by atoms with van der Waals surface area (Å²) >= 11 is 12.5. The van der Waals surface area contributed by atoms with Crippen LogP contribution in [0.3, 0.4) is 0 Å². The maximum absolute atomic E-state index is 9.68. The zero-order valence-electron chi connectivity index (χ0n) is 16.4. The maximum Gasteiger partial charge on any atom is 0.162 e. The summed E-state index contributed by atoms with van der Waals surface area (Å²) in [6.07, 6.45) is 8.19. The van der Waals surface area contributed by atoms with E-state index in [1.54, 1.807) is 6.07 Å². The molecule has 0 amide bonds. The molecule has 0 N–H and O–H groups in total. The van der Waals surface area contributed by atoms with Gasteiger partial charge in [0, 0.05) is 11.5 Å². The fourth-order valence-electron chi connectivity index (χ4n) is 3.37. The third-order valence-electron chi connectivity index (χ3n) is 4.95. The number of nitriles is 1. The van der Waals surface area contributed by atoms with Crippen LogP contribution in [-0.2, 0) is 0 Å². The Morgan fingerprint density at radius 2 is 1.81 bits per heavy atom. The molecule has 2 rings (SSSR count). The fraction of sp³-hybridized carbons (Fsp3) is 0.500. The molecule has 2 aromatic rings. The molecule has 0 saturated carbocycles. The molecule has 1 unspecified atom stereocenters. The Bertz CT molecular complexity index is 812. The van der Waals surface area contributed by atoms with Crippen LogP contribution in [0.15, 0.2) is 18.2 Å². The van der Waals surface area contributed by atoms with Crippen LogP contribution in [-0.4, -0.2) is 9.97 Å². The van der Waals surface area contributed by atoms with Crippen LogP contribution in [0.2, 0.25) is 10.0 Å². The maximum atomic E-state index is 9.68. The number of rotatable bonds is 9. The number of halogens is 2. The molecule has 0 radical (unpaired) electrons. The Balaban J connectivity index is 2.32. The molecule has 144 valence electrons. The Hall–Kier alpha value is -1.63. The van der Waals surface area contributed by atoms with Gasteiger partial charge in [-0.15, -0.1) is 0 Å². The molecule has 0 spiro atoms. The highest BCUT2D eigenvalue weighted by Gasteiger charge is 2.21. The monoisotopic (exact) mass is 403 g/mol. The van der Waals surface area contributed by atoms with Gasteiger partial charge in [-0.05, 0) is 25.8 Å². The fourth-order valence-corrected chi connectivity index (χ4v) is 3.76. The van der Waals surface area contributed by atoms with Gasteiger partial charge in [-0.3, -0.25) is 4.98 Å². The van der Waals surface area contributed by atoms with Gasteiger partial charge in [-0.25, -0.2) is 4.98 Å². The average Bonchev–Trinajstić information content (AvgIpc) is 2.67. The van der Waals surface area contributed by atoms with Crippen molar-refractivity contribution in [3.63, 3.8) is 0 Å². The zero-order valence-corrected chi connectivity index (χ0v) is 17.9. The Morgan fingerprint density at radius 1 is 1.07 bits per heavy atom. The normalized spacial score (nSPS) is 12.0. The largest absolute Gasteiger partial charge is 0.253 e. The van der Waals surface area contributed by atoms with Crippen molar-refractivity contribution in [2.75, 3.05) is 0 Å². The highest BCUT2D eigenvalue weighted by Crippen LogP contribution is 2.35. The van der Waals surface area contributed by atoms with Gasteiger partial charge in [0.1, 0.15) is 6.07 Å². The summed E-state index contributed by atoms with van der Waals surface area (Å²) in [5.41, 5.74) is 3.32. The summed E-state index contributed by atoms with van der Waals surface area (Å²) in [4.78, 5) is 9.41. The highest BCUT2D eigenvalue weighted by molar-refractivity contribution is 6.43. The smallest absolute Gasteiger partial charge is 0.162 e. The van der Waals surface area contributed by atoms with Gasteiger partial charge in [0.2, 0.25) is 0 Å². The van der Waals surface area contributed by atoms with Crippen molar-refractivity contribution < 1.29 is 0 Å². The quantitative estimate of drug-likeness (QED) is 0.407. The number of benzene rings is 1. The minimum atomic E-state index is 0.261. The van der Waals surface area contributed by atoms with E-state index in [-0.39, 0.29) is 5.92 Å². The lowest BCUT2D eigenvalue weighted by Gasteiger charge is -2.17. The minimum Gasteiger partial charge on any atom is -0.253 e. The molecule has 0 aliphatic rings. The van der Waals surface area contributed by atoms with Crippen LogP contribution in [0.1, 0.15) is 81.8 Å². The summed E-state index contributed by atoms with van der Waals surface area (Å²) in [6, 6.07) is 7.67. The van der Waals surface area contributed by atoms with Gasteiger partial charge in [0.25, 0.3) is 0 Å². The molecule has 0 aliphatic carbocycles. The van der Waals surface area contributed by atoms with E-state index in [2.05, 4.69) is 24.9 Å². The summed E-state index contributed by atoms with van der Waals surface area (Å²) in [7, 11) is 0. The molecule has 1 aromatic heterocycles. The van der Waals surface area contributed by atoms with Crippen LogP contribution >= 0.6 is 23.2 Å². The third-order valence-corrected chi connectivity index (χ3v) is 5.76. The van der Waals surface area contributed by atoms with E-state index in [1.807, 2.05) is 19.1 Å². The first-order valence-electron chi connectivity index (χ1n) is 9.76. The van der Waals surface area contributed by atoms with E-state index in [9.17, 15) is 5.26 Å². The van der Waals surface area contributed by atoms with Crippen molar-refractivity contribution in [2.24, 2.45) is 0 Å². The van der Waals surface area contributed by atoms with Gasteiger partial charge in [0.05, 0.1) is 27.1 Å². The zero-order chi connectivity index (χ0) is 19.8. The second kappa shape index (κ2) is 10.6. The van der Waals surface area contributed by atoms with E-state index in [4.69, 9.17) is 28.2 Å². The number of hydrogen-bond acceptors (Lipinski definition) is 3. The summed E-state index contributed by atoms with van der Waals surface area (Å²) in [6.45, 7) is 6.29. The summed E-state index contributed by atoms with van der Waals surface area (Å²) in [5, 5.41) is 10.6. The second-order valence-corrected chi connectivity index (χ2v) is 7.70. The number of aromatic nitrogens is 2. The molecule has 1 atom stereocenters. The molecule has 3 nitrogen and oxygen atoms in total. The number of aryl methyl sites for hydroxylation is 1. The van der Waals surface area contributed by atoms with Crippen LogP contribution in [0.4, 0.5) is 0 Å². The van der Waals surface area contributed by atoms with Gasteiger partial charge in [0.15, 0.2) is 5.69 Å². The van der Waals surface area contributed by atoms with E-state index in [0.29, 0.717) is 27.0 Å². The van der Waals surface area contributed by atoms with E-state index >= 15 is 0 Å². The van der Waals surface area contributed by atoms with Gasteiger partial charge in [-0.1, -0.05) is 81.3 Å². The molecule has 1 heterocycles. The Morgan fingerprint density at radius 3 is 2.48 bits per heavy atom. The van der Waals surface area contributed by atoms with Crippen molar-refractivity contribution in [2.45, 2.75) is 71.6 Å². The minimum absolute atomic E-state index is 0.261. The van der Waals surface area contributed by atoms with Crippen molar-refractivity contribution >= 4 is 23.2 Å². The summed E-state index contributed by atoms with van der Waals surface area (Å²) < 4.78 is 0. The van der Waals surface area contributed by atoms with Crippen LogP contribution in [0, 0.1) is 18.3 Å². The molecular weight excluding hydrogens is 377 g/mol. The van der Waals surface area contributed by atoms with Crippen LogP contribution < -0.4 is 0 Å². The molecule has 27 heavy (non-hydrogen) atoms. The first kappa shape index (κ1) is 21.7. The van der Waals surface area contributed by atoms with E-state index < -0.39 is 0 Å². The van der Waals surface area contributed by atoms with Gasteiger partial charge >= 0.3 is 0 Å². The lowest BCUT2D eigenvalue weighted by Crippen LogP contribution is -2.09. The first-order valence-corrected chi connectivity index (χ1v) is 10.5. The SMILES string of the molecule is CCCCCCCC(CC)c1nc(C)c(-c2cccc(Cl)c2Cl)nc1C#N. The van der Waals surface area contributed by atoms with Crippen molar-refractivity contribution in [1.82, 2.24) is 9.97 Å². The lowest BCUT2D eigenvalue weighted by molar-refractivity contribution is 0.524. The molecule has 1 aromatic carbocycles. The van der Waals surface area contributed by atoms with E-state index in [0.717, 1.165) is 30.7 Å². The second-order valence-electron chi connectivity index (χ2n) is 6.91. The topological polar surface area (TPSA) is 49.6 Å². The standard InChI is InChI=1S/C22H27Cl2N3/c1-4-6-7-8-9-11-16(5-2)22-19(14-25)27-21(15(3)26-22)17-12-10-13-18(23)20(17)24/h10,12-13,16H,4-9,11H2,1-3H3. The van der Waals surface area contributed by atoms with Gasteiger partial charge < -0.3 is 0 Å². The Kier molecular flexibility index (Phi) is 8.54. The molecule has 0 saturated heterocycles. The van der Waals surface area contributed by atoms with Crippen molar-refractivity contribution in [1.29, 1.82) is 5.26 Å². The lowest BCUT2D eigenvalue weighted by atomic mass is 9.93. The molecule has 0 bridgehead atoms. The number of nitrogens with zero attached hydrogens (tertiary/aromatic N) is 3. The molecule has 0 fully saturated rings. The highest BCUT2D eigenvalue weighted by atomic mass is 35.5. The van der Waals surface area contributed by atoms with Crippen molar-refractivity contribution in [3.05, 3.63) is 45.3 Å². The van der Waals surface area contributed by atoms with Crippen molar-refractivity contribution in [3.8, 4) is 17.3 Å². The number of unbranched alkanes of at least 4 members (excludes halogenated alkanes) is 4.